The lowest BCUT2D eigenvalue weighted by Gasteiger charge is -2.33. The van der Waals surface area contributed by atoms with Gasteiger partial charge in [0.25, 0.3) is 0 Å². The average Bonchev–Trinajstić information content (AvgIpc) is 2.34. The van der Waals surface area contributed by atoms with E-state index in [4.69, 9.17) is 0 Å². The maximum absolute atomic E-state index is 3.73. The molecule has 2 fully saturated rings. The number of halogens is 1. The highest BCUT2D eigenvalue weighted by atomic mass is 79.9. The van der Waals surface area contributed by atoms with Crippen molar-refractivity contribution in [2.24, 2.45) is 5.92 Å². The summed E-state index contributed by atoms with van der Waals surface area (Å²) in [7, 11) is 0. The average molecular weight is 219 g/mol. The molecule has 64 valence electrons. The summed E-state index contributed by atoms with van der Waals surface area (Å²) in [6, 6.07) is 1.38. The second-order valence-corrected chi connectivity index (χ2v) is 4.99. The van der Waals surface area contributed by atoms with E-state index in [1.165, 1.54) is 12.8 Å². The number of nitrogens with one attached hydrogen (secondary N) is 2. The molecule has 0 aromatic heterocycles. The van der Waals surface area contributed by atoms with Gasteiger partial charge >= 0.3 is 0 Å². The number of fused-ring (bicyclic) bond motifs is 1. The molecule has 11 heavy (non-hydrogen) atoms. The van der Waals surface area contributed by atoms with E-state index < -0.39 is 0 Å². The number of hydrogen-bond donors (Lipinski definition) is 2. The van der Waals surface area contributed by atoms with E-state index in [2.05, 4.69) is 33.5 Å². The van der Waals surface area contributed by atoms with E-state index in [9.17, 15) is 0 Å². The SMILES string of the molecule is CC1CC(Br)C2NCNC2C1. The third-order valence-corrected chi connectivity index (χ3v) is 3.75. The molecule has 0 radical (unpaired) electrons. The molecule has 2 aliphatic rings. The topological polar surface area (TPSA) is 24.1 Å². The van der Waals surface area contributed by atoms with Crippen LogP contribution in [0.1, 0.15) is 19.8 Å². The Balaban J connectivity index is 2.04. The van der Waals surface area contributed by atoms with Crippen molar-refractivity contribution in [3.63, 3.8) is 0 Å². The van der Waals surface area contributed by atoms with E-state index in [-0.39, 0.29) is 0 Å². The number of alkyl halides is 1. The van der Waals surface area contributed by atoms with Crippen molar-refractivity contribution in [3.05, 3.63) is 0 Å². The number of rotatable bonds is 0. The molecule has 1 aliphatic heterocycles. The van der Waals surface area contributed by atoms with Gasteiger partial charge in [-0.1, -0.05) is 22.9 Å². The molecule has 2 nitrogen and oxygen atoms in total. The summed E-state index contributed by atoms with van der Waals surface area (Å²) < 4.78 is 0. The van der Waals surface area contributed by atoms with Gasteiger partial charge < -0.3 is 5.32 Å². The third-order valence-electron chi connectivity index (χ3n) is 2.81. The lowest BCUT2D eigenvalue weighted by atomic mass is 9.84. The van der Waals surface area contributed by atoms with Gasteiger partial charge in [0.1, 0.15) is 0 Å². The Kier molecular flexibility index (Phi) is 2.21. The smallest absolute Gasteiger partial charge is 0.0459 e. The van der Waals surface area contributed by atoms with Crippen LogP contribution < -0.4 is 10.6 Å². The Morgan fingerprint density at radius 1 is 1.27 bits per heavy atom. The maximum Gasteiger partial charge on any atom is 0.0459 e. The predicted octanol–water partition coefficient (Wildman–Crippen LogP) is 1.07. The second kappa shape index (κ2) is 3.04. The molecule has 0 aromatic carbocycles. The van der Waals surface area contributed by atoms with Crippen molar-refractivity contribution in [1.29, 1.82) is 0 Å². The molecule has 4 atom stereocenters. The van der Waals surface area contributed by atoms with E-state index in [1.807, 2.05) is 0 Å². The summed E-state index contributed by atoms with van der Waals surface area (Å²) in [5.74, 6) is 0.869. The Labute approximate surface area is 76.2 Å². The first kappa shape index (κ1) is 8.02. The highest BCUT2D eigenvalue weighted by Crippen LogP contribution is 2.30. The van der Waals surface area contributed by atoms with Crippen LogP contribution in [0.25, 0.3) is 0 Å². The molecule has 2 rings (SSSR count). The van der Waals surface area contributed by atoms with Gasteiger partial charge in [-0.3, -0.25) is 5.32 Å². The van der Waals surface area contributed by atoms with Crippen molar-refractivity contribution in [1.82, 2.24) is 10.6 Å². The molecule has 1 aliphatic carbocycles. The molecule has 1 heterocycles. The normalized spacial score (nSPS) is 50.7. The van der Waals surface area contributed by atoms with Crippen molar-refractivity contribution < 1.29 is 0 Å². The minimum Gasteiger partial charge on any atom is -0.300 e. The van der Waals surface area contributed by atoms with E-state index in [0.717, 1.165) is 12.6 Å². The summed E-state index contributed by atoms with van der Waals surface area (Å²) in [5, 5.41) is 6.95. The largest absolute Gasteiger partial charge is 0.300 e. The Morgan fingerprint density at radius 2 is 2.09 bits per heavy atom. The standard InChI is InChI=1S/C8H15BrN2/c1-5-2-6(9)8-7(3-5)10-4-11-8/h5-8,10-11H,2-4H2,1H3. The van der Waals surface area contributed by atoms with Gasteiger partial charge in [0.15, 0.2) is 0 Å². The fraction of sp³-hybridized carbons (Fsp3) is 1.00. The molecule has 0 bridgehead atoms. The molecular weight excluding hydrogens is 204 g/mol. The van der Waals surface area contributed by atoms with E-state index in [1.54, 1.807) is 0 Å². The molecular formula is C8H15BrN2. The Morgan fingerprint density at radius 3 is 2.91 bits per heavy atom. The van der Waals surface area contributed by atoms with Crippen LogP contribution in [0.2, 0.25) is 0 Å². The molecule has 1 saturated heterocycles. The van der Waals surface area contributed by atoms with Crippen LogP contribution >= 0.6 is 15.9 Å². The molecule has 2 N–H and O–H groups in total. The number of hydrogen-bond acceptors (Lipinski definition) is 2. The molecule has 0 aromatic rings. The van der Waals surface area contributed by atoms with Crippen molar-refractivity contribution in [2.75, 3.05) is 6.67 Å². The Bertz CT molecular complexity index is 151. The summed E-state index contributed by atoms with van der Waals surface area (Å²) >= 11 is 3.73. The Hall–Kier alpha value is 0.400. The predicted molar refractivity (Wildman–Crippen MR) is 49.8 cm³/mol. The zero-order valence-electron chi connectivity index (χ0n) is 6.81. The molecule has 4 unspecified atom stereocenters. The van der Waals surface area contributed by atoms with Gasteiger partial charge in [-0.15, -0.1) is 0 Å². The molecule has 0 amide bonds. The minimum absolute atomic E-state index is 0.672. The van der Waals surface area contributed by atoms with Crippen LogP contribution in [0.3, 0.4) is 0 Å². The van der Waals surface area contributed by atoms with Crippen LogP contribution in [0, 0.1) is 5.92 Å². The highest BCUT2D eigenvalue weighted by molar-refractivity contribution is 9.09. The van der Waals surface area contributed by atoms with Gasteiger partial charge in [0.2, 0.25) is 0 Å². The van der Waals surface area contributed by atoms with Crippen molar-refractivity contribution >= 4 is 15.9 Å². The van der Waals surface area contributed by atoms with Crippen LogP contribution in [-0.4, -0.2) is 23.6 Å². The lowest BCUT2D eigenvalue weighted by molar-refractivity contribution is 0.311. The summed E-state index contributed by atoms with van der Waals surface area (Å²) in [5.41, 5.74) is 0. The zero-order valence-corrected chi connectivity index (χ0v) is 8.39. The fourth-order valence-electron chi connectivity index (χ4n) is 2.25. The van der Waals surface area contributed by atoms with Crippen molar-refractivity contribution in [2.45, 2.75) is 36.7 Å². The van der Waals surface area contributed by atoms with Crippen molar-refractivity contribution in [3.8, 4) is 0 Å². The van der Waals surface area contributed by atoms with Gasteiger partial charge in [0, 0.05) is 23.6 Å². The molecule has 1 saturated carbocycles. The van der Waals surface area contributed by atoms with Crippen LogP contribution in [-0.2, 0) is 0 Å². The van der Waals surface area contributed by atoms with Gasteiger partial charge in [-0.05, 0) is 18.8 Å². The van der Waals surface area contributed by atoms with E-state index >= 15 is 0 Å². The summed E-state index contributed by atoms with van der Waals surface area (Å²) in [6.45, 7) is 3.33. The first-order valence-electron chi connectivity index (χ1n) is 4.38. The third kappa shape index (κ3) is 1.46. The first-order valence-corrected chi connectivity index (χ1v) is 5.30. The maximum atomic E-state index is 3.73. The second-order valence-electron chi connectivity index (χ2n) is 3.81. The monoisotopic (exact) mass is 218 g/mol. The van der Waals surface area contributed by atoms with Crippen LogP contribution in [0.15, 0.2) is 0 Å². The van der Waals surface area contributed by atoms with E-state index in [0.29, 0.717) is 16.9 Å². The quantitative estimate of drug-likeness (QED) is 0.595. The molecule has 0 spiro atoms. The first-order chi connectivity index (χ1) is 5.27. The van der Waals surface area contributed by atoms with Gasteiger partial charge in [-0.25, -0.2) is 0 Å². The zero-order chi connectivity index (χ0) is 7.84. The fourth-order valence-corrected chi connectivity index (χ4v) is 3.44. The van der Waals surface area contributed by atoms with Gasteiger partial charge in [-0.2, -0.15) is 0 Å². The molecule has 3 heteroatoms. The summed E-state index contributed by atoms with van der Waals surface area (Å²) in [4.78, 5) is 0.672. The van der Waals surface area contributed by atoms with Crippen LogP contribution in [0.4, 0.5) is 0 Å². The highest BCUT2D eigenvalue weighted by Gasteiger charge is 2.37. The minimum atomic E-state index is 0.672. The summed E-state index contributed by atoms with van der Waals surface area (Å²) in [6.07, 6.45) is 2.65. The lowest BCUT2D eigenvalue weighted by Crippen LogP contribution is -2.46. The van der Waals surface area contributed by atoms with Crippen LogP contribution in [0.5, 0.6) is 0 Å². The van der Waals surface area contributed by atoms with Gasteiger partial charge in [0.05, 0.1) is 0 Å².